The van der Waals surface area contributed by atoms with Crippen LogP contribution < -0.4 is 14.2 Å². The number of pyridine rings is 1. The van der Waals surface area contributed by atoms with Crippen molar-refractivity contribution < 1.29 is 17.9 Å². The molecule has 0 bridgehead atoms. The molecular formula is C21H26N4O4S. The Labute approximate surface area is 176 Å². The molecule has 1 fully saturated rings. The highest BCUT2D eigenvalue weighted by Crippen LogP contribution is 2.32. The molecule has 1 aliphatic carbocycles. The molecule has 2 heterocycles. The van der Waals surface area contributed by atoms with Gasteiger partial charge in [-0.1, -0.05) is 19.3 Å². The maximum Gasteiger partial charge on any atom is 0.241 e. The fraction of sp³-hybridized carbons (Fsp3) is 0.429. The number of rotatable bonds is 7. The van der Waals surface area contributed by atoms with Gasteiger partial charge in [0.05, 0.1) is 25.7 Å². The Morgan fingerprint density at radius 1 is 1.10 bits per heavy atom. The summed E-state index contributed by atoms with van der Waals surface area (Å²) < 4.78 is 41.1. The van der Waals surface area contributed by atoms with Crippen LogP contribution in [0, 0.1) is 0 Å². The fourth-order valence-electron chi connectivity index (χ4n) is 4.05. The molecule has 2 aromatic heterocycles. The number of hydrogen-bond acceptors (Lipinski definition) is 6. The summed E-state index contributed by atoms with van der Waals surface area (Å²) in [5.74, 6) is 1.51. The summed E-state index contributed by atoms with van der Waals surface area (Å²) in [7, 11) is -0.779. The number of nitrogens with zero attached hydrogens (tertiary/aromatic N) is 3. The topological polar surface area (TPSA) is 95.3 Å². The highest BCUT2D eigenvalue weighted by atomic mass is 32.2. The van der Waals surface area contributed by atoms with Gasteiger partial charge in [0, 0.05) is 18.3 Å². The molecule has 0 atom stereocenters. The summed E-state index contributed by atoms with van der Waals surface area (Å²) in [6.45, 7) is 0.0868. The van der Waals surface area contributed by atoms with Crippen LogP contribution in [0.4, 0.5) is 0 Å². The molecule has 4 rings (SSSR count). The zero-order valence-electron chi connectivity index (χ0n) is 17.2. The van der Waals surface area contributed by atoms with E-state index in [1.165, 1.54) is 32.8 Å². The van der Waals surface area contributed by atoms with E-state index < -0.39 is 10.0 Å². The number of nitrogens with one attached hydrogen (secondary N) is 1. The Balaban J connectivity index is 1.63. The standard InChI is InChI=1S/C21H26N4O4S/c1-28-18-11-10-16(13-19(18)29-2)30(26,27)23-14-20-24-17-9-6-12-22-21(17)25(20)15-7-4-3-5-8-15/h6,9-13,15,23H,3-5,7-8,14H2,1-2H3. The quantitative estimate of drug-likeness (QED) is 0.617. The average Bonchev–Trinajstić information content (AvgIpc) is 3.16. The van der Waals surface area contributed by atoms with E-state index >= 15 is 0 Å². The van der Waals surface area contributed by atoms with E-state index in [9.17, 15) is 8.42 Å². The molecule has 30 heavy (non-hydrogen) atoms. The van der Waals surface area contributed by atoms with E-state index in [4.69, 9.17) is 9.47 Å². The molecule has 0 radical (unpaired) electrons. The number of benzene rings is 1. The van der Waals surface area contributed by atoms with Crippen molar-refractivity contribution in [2.45, 2.75) is 49.6 Å². The van der Waals surface area contributed by atoms with Crippen LogP contribution in [0.3, 0.4) is 0 Å². The molecule has 0 amide bonds. The molecule has 8 nitrogen and oxygen atoms in total. The van der Waals surface area contributed by atoms with Crippen molar-refractivity contribution in [1.29, 1.82) is 0 Å². The Morgan fingerprint density at radius 2 is 1.87 bits per heavy atom. The van der Waals surface area contributed by atoms with E-state index in [1.807, 2.05) is 12.1 Å². The first-order chi connectivity index (χ1) is 14.5. The first kappa shape index (κ1) is 20.6. The minimum absolute atomic E-state index is 0.0868. The minimum Gasteiger partial charge on any atom is -0.493 e. The molecule has 1 aliphatic rings. The van der Waals surface area contributed by atoms with Gasteiger partial charge in [-0.2, -0.15) is 0 Å². The van der Waals surface area contributed by atoms with Crippen LogP contribution in [0.15, 0.2) is 41.4 Å². The van der Waals surface area contributed by atoms with Gasteiger partial charge in [0.15, 0.2) is 17.1 Å². The third-order valence-electron chi connectivity index (χ3n) is 5.55. The van der Waals surface area contributed by atoms with Crippen molar-refractivity contribution in [3.05, 3.63) is 42.4 Å². The molecule has 1 N–H and O–H groups in total. The molecule has 3 aromatic rings. The number of sulfonamides is 1. The van der Waals surface area contributed by atoms with Crippen LogP contribution in [0.2, 0.25) is 0 Å². The Bertz CT molecular complexity index is 1140. The largest absolute Gasteiger partial charge is 0.493 e. The van der Waals surface area contributed by atoms with Crippen molar-refractivity contribution >= 4 is 21.2 Å². The van der Waals surface area contributed by atoms with Gasteiger partial charge in [-0.15, -0.1) is 0 Å². The van der Waals surface area contributed by atoms with Gasteiger partial charge < -0.3 is 14.0 Å². The maximum atomic E-state index is 12.9. The minimum atomic E-state index is -3.76. The van der Waals surface area contributed by atoms with E-state index in [-0.39, 0.29) is 11.4 Å². The van der Waals surface area contributed by atoms with Gasteiger partial charge in [-0.25, -0.2) is 23.1 Å². The molecule has 0 spiro atoms. The monoisotopic (exact) mass is 430 g/mol. The molecule has 9 heteroatoms. The highest BCUT2D eigenvalue weighted by Gasteiger charge is 2.24. The van der Waals surface area contributed by atoms with Crippen molar-refractivity contribution in [1.82, 2.24) is 19.3 Å². The smallest absolute Gasteiger partial charge is 0.241 e. The zero-order chi connectivity index (χ0) is 21.1. The third-order valence-corrected chi connectivity index (χ3v) is 6.95. The normalized spacial score (nSPS) is 15.4. The van der Waals surface area contributed by atoms with Gasteiger partial charge in [0.2, 0.25) is 10.0 Å². The molecule has 0 unspecified atom stereocenters. The van der Waals surface area contributed by atoms with Gasteiger partial charge in [0.25, 0.3) is 0 Å². The lowest BCUT2D eigenvalue weighted by Gasteiger charge is -2.25. The van der Waals surface area contributed by atoms with Gasteiger partial charge in [-0.05, 0) is 37.1 Å². The molecule has 0 aliphatic heterocycles. The fourth-order valence-corrected chi connectivity index (χ4v) is 5.05. The van der Waals surface area contributed by atoms with E-state index in [0.717, 1.165) is 36.8 Å². The Kier molecular flexibility index (Phi) is 5.92. The summed E-state index contributed by atoms with van der Waals surface area (Å²) in [5.41, 5.74) is 1.59. The van der Waals surface area contributed by atoms with Crippen molar-refractivity contribution in [3.63, 3.8) is 0 Å². The summed E-state index contributed by atoms with van der Waals surface area (Å²) >= 11 is 0. The summed E-state index contributed by atoms with van der Waals surface area (Å²) in [5, 5.41) is 0. The van der Waals surface area contributed by atoms with Gasteiger partial charge >= 0.3 is 0 Å². The lowest BCUT2D eigenvalue weighted by Crippen LogP contribution is -2.26. The Morgan fingerprint density at radius 3 is 2.60 bits per heavy atom. The Hall–Kier alpha value is -2.65. The second kappa shape index (κ2) is 8.61. The molecule has 1 aromatic carbocycles. The molecule has 160 valence electrons. The van der Waals surface area contributed by atoms with Crippen molar-refractivity contribution in [2.75, 3.05) is 14.2 Å². The van der Waals surface area contributed by atoms with Crippen LogP contribution in [-0.2, 0) is 16.6 Å². The maximum absolute atomic E-state index is 12.9. The number of ether oxygens (including phenoxy) is 2. The summed E-state index contributed by atoms with van der Waals surface area (Å²) in [6.07, 6.45) is 7.41. The number of fused-ring (bicyclic) bond motifs is 1. The second-order valence-electron chi connectivity index (χ2n) is 7.38. The number of aromatic nitrogens is 3. The first-order valence-corrected chi connectivity index (χ1v) is 11.6. The lowest BCUT2D eigenvalue weighted by atomic mass is 9.95. The number of methoxy groups -OCH3 is 2. The summed E-state index contributed by atoms with van der Waals surface area (Å²) in [6, 6.07) is 8.57. The van der Waals surface area contributed by atoms with Crippen LogP contribution in [-0.4, -0.2) is 37.2 Å². The van der Waals surface area contributed by atoms with Crippen LogP contribution >= 0.6 is 0 Å². The second-order valence-corrected chi connectivity index (χ2v) is 9.14. The van der Waals surface area contributed by atoms with Crippen LogP contribution in [0.1, 0.15) is 44.0 Å². The predicted molar refractivity (Wildman–Crippen MR) is 113 cm³/mol. The SMILES string of the molecule is COc1ccc(S(=O)(=O)NCc2nc3cccnc3n2C2CCCCC2)cc1OC. The predicted octanol–water partition coefficient (Wildman–Crippen LogP) is 3.43. The summed E-state index contributed by atoms with van der Waals surface area (Å²) in [4.78, 5) is 9.30. The zero-order valence-corrected chi connectivity index (χ0v) is 18.0. The number of imidazole rings is 1. The van der Waals surface area contributed by atoms with Crippen molar-refractivity contribution in [2.24, 2.45) is 0 Å². The van der Waals surface area contributed by atoms with Gasteiger partial charge in [-0.3, -0.25) is 0 Å². The molecular weight excluding hydrogens is 404 g/mol. The third kappa shape index (κ3) is 3.99. The van der Waals surface area contributed by atoms with E-state index in [1.54, 1.807) is 12.3 Å². The van der Waals surface area contributed by atoms with E-state index in [0.29, 0.717) is 23.4 Å². The highest BCUT2D eigenvalue weighted by molar-refractivity contribution is 7.89. The number of hydrogen-bond donors (Lipinski definition) is 1. The van der Waals surface area contributed by atoms with Crippen LogP contribution in [0.25, 0.3) is 11.2 Å². The average molecular weight is 431 g/mol. The lowest BCUT2D eigenvalue weighted by molar-refractivity contribution is 0.350. The van der Waals surface area contributed by atoms with E-state index in [2.05, 4.69) is 19.3 Å². The molecule has 0 saturated heterocycles. The van der Waals surface area contributed by atoms with Crippen LogP contribution in [0.5, 0.6) is 11.5 Å². The van der Waals surface area contributed by atoms with Crippen molar-refractivity contribution in [3.8, 4) is 11.5 Å². The first-order valence-electron chi connectivity index (χ1n) is 10.1. The van der Waals surface area contributed by atoms with Gasteiger partial charge in [0.1, 0.15) is 11.3 Å². The molecule has 1 saturated carbocycles.